The number of aliphatic hydroxyl groups is 1. The van der Waals surface area contributed by atoms with E-state index >= 15 is 0 Å². The van der Waals surface area contributed by atoms with Crippen molar-refractivity contribution >= 4 is 40.7 Å². The largest absolute Gasteiger partial charge is 0.451 e. The van der Waals surface area contributed by atoms with E-state index in [-0.39, 0.29) is 5.92 Å². The van der Waals surface area contributed by atoms with E-state index in [1.807, 2.05) is 42.5 Å². The van der Waals surface area contributed by atoms with E-state index in [0.717, 1.165) is 28.6 Å². The second kappa shape index (κ2) is 14.1. The van der Waals surface area contributed by atoms with Crippen LogP contribution in [-0.2, 0) is 30.3 Å². The SMILES string of the molecule is CCc1ccc2ccc(/C=C/C3(C(=O)O[C@H](C(=O)N[C@@H](C)C(=O)N4CCCC(C(N)=O)N4)C(C)C)CCC(C)(O)CC3)cc2n1. The number of amides is 3. The number of benzene rings is 1. The van der Waals surface area contributed by atoms with Crippen LogP contribution in [0.25, 0.3) is 17.0 Å². The van der Waals surface area contributed by atoms with Crippen molar-refractivity contribution in [2.24, 2.45) is 17.1 Å². The summed E-state index contributed by atoms with van der Waals surface area (Å²) in [6.45, 7) is 9.28. The zero-order valence-electron chi connectivity index (χ0n) is 27.0. The predicted octanol–water partition coefficient (Wildman–Crippen LogP) is 3.18. The molecule has 1 unspecified atom stereocenters. The van der Waals surface area contributed by atoms with E-state index in [0.29, 0.717) is 45.1 Å². The maximum absolute atomic E-state index is 14.0. The highest BCUT2D eigenvalue weighted by Gasteiger charge is 2.46. The molecule has 11 nitrogen and oxygen atoms in total. The van der Waals surface area contributed by atoms with Crippen LogP contribution in [-0.4, -0.2) is 69.1 Å². The van der Waals surface area contributed by atoms with E-state index in [4.69, 9.17) is 15.5 Å². The summed E-state index contributed by atoms with van der Waals surface area (Å²) in [6.07, 6.45) is 6.01. The normalized spacial score (nSPS) is 25.2. The minimum Gasteiger partial charge on any atom is -0.451 e. The third-order valence-corrected chi connectivity index (χ3v) is 8.98. The highest BCUT2D eigenvalue weighted by Crippen LogP contribution is 2.44. The standard InChI is InChI=1S/C34H47N5O6/c1-6-25-12-11-24-10-9-23(20-27(24)37-25)13-14-34(17-15-33(5,44)16-18-34)32(43)45-28(21(2)3)30(41)36-22(4)31(42)39-19-7-8-26(38-39)29(35)40/h9-14,20-22,26,28,38,44H,6-8,15-19H2,1-5H3,(H2,35,40)(H,36,41)/b14-13+/t22-,26?,28-,33?,34?/m0/s1. The first-order valence-corrected chi connectivity index (χ1v) is 15.9. The average molecular weight is 622 g/mol. The number of aromatic nitrogens is 1. The molecule has 5 N–H and O–H groups in total. The summed E-state index contributed by atoms with van der Waals surface area (Å²) in [5.41, 5.74) is 9.02. The Balaban J connectivity index is 1.51. The fourth-order valence-electron chi connectivity index (χ4n) is 5.87. The molecule has 2 aromatic rings. The van der Waals surface area contributed by atoms with Crippen molar-refractivity contribution in [1.29, 1.82) is 0 Å². The van der Waals surface area contributed by atoms with Crippen LogP contribution in [0.4, 0.5) is 0 Å². The third kappa shape index (κ3) is 8.26. The number of ether oxygens (including phenoxy) is 1. The Morgan fingerprint density at radius 1 is 1.16 bits per heavy atom. The molecule has 4 rings (SSSR count). The van der Waals surface area contributed by atoms with Gasteiger partial charge in [0.05, 0.1) is 16.5 Å². The van der Waals surface area contributed by atoms with Gasteiger partial charge in [-0.25, -0.2) is 5.43 Å². The van der Waals surface area contributed by atoms with Crippen LogP contribution in [0.2, 0.25) is 0 Å². The van der Waals surface area contributed by atoms with Crippen molar-refractivity contribution in [3.63, 3.8) is 0 Å². The first-order valence-electron chi connectivity index (χ1n) is 15.9. The van der Waals surface area contributed by atoms with Gasteiger partial charge in [0.2, 0.25) is 5.91 Å². The number of fused-ring (bicyclic) bond motifs is 1. The van der Waals surface area contributed by atoms with E-state index in [1.54, 1.807) is 27.7 Å². The summed E-state index contributed by atoms with van der Waals surface area (Å²) in [7, 11) is 0. The summed E-state index contributed by atoms with van der Waals surface area (Å²) in [4.78, 5) is 56.8. The lowest BCUT2D eigenvalue weighted by atomic mass is 9.68. The first kappa shape index (κ1) is 34.1. The van der Waals surface area contributed by atoms with Crippen LogP contribution in [0, 0.1) is 11.3 Å². The average Bonchev–Trinajstić information content (AvgIpc) is 3.02. The number of pyridine rings is 1. The molecule has 1 aromatic carbocycles. The predicted molar refractivity (Wildman–Crippen MR) is 171 cm³/mol. The summed E-state index contributed by atoms with van der Waals surface area (Å²) in [5, 5.41) is 15.7. The van der Waals surface area contributed by atoms with E-state index in [2.05, 4.69) is 17.7 Å². The van der Waals surface area contributed by atoms with Crippen LogP contribution < -0.4 is 16.5 Å². The van der Waals surface area contributed by atoms with E-state index in [1.165, 1.54) is 5.01 Å². The Labute approximate surface area is 264 Å². The number of carbonyl (C=O) groups is 4. The Bertz CT molecular complexity index is 1440. The minimum atomic E-state index is -1.15. The maximum Gasteiger partial charge on any atom is 0.316 e. The number of rotatable bonds is 10. The van der Waals surface area contributed by atoms with Gasteiger partial charge in [-0.3, -0.25) is 29.2 Å². The van der Waals surface area contributed by atoms with Gasteiger partial charge in [0.1, 0.15) is 12.1 Å². The molecule has 1 aromatic heterocycles. The molecule has 244 valence electrons. The number of nitrogens with two attached hydrogens (primary N) is 1. The molecule has 2 fully saturated rings. The number of nitrogens with zero attached hydrogens (tertiary/aromatic N) is 2. The van der Waals surface area contributed by atoms with Gasteiger partial charge in [-0.15, -0.1) is 0 Å². The van der Waals surface area contributed by atoms with Crippen LogP contribution >= 0.6 is 0 Å². The molecule has 2 heterocycles. The van der Waals surface area contributed by atoms with Gasteiger partial charge < -0.3 is 20.9 Å². The van der Waals surface area contributed by atoms with Gasteiger partial charge in [-0.1, -0.05) is 51.1 Å². The highest BCUT2D eigenvalue weighted by molar-refractivity contribution is 5.91. The van der Waals surface area contributed by atoms with Gasteiger partial charge in [0.15, 0.2) is 6.10 Å². The van der Waals surface area contributed by atoms with Gasteiger partial charge >= 0.3 is 5.97 Å². The van der Waals surface area contributed by atoms with E-state index in [9.17, 15) is 24.3 Å². The fourth-order valence-corrected chi connectivity index (χ4v) is 5.87. The zero-order valence-corrected chi connectivity index (χ0v) is 27.0. The van der Waals surface area contributed by atoms with Crippen LogP contribution in [0.1, 0.15) is 84.4 Å². The number of hydrogen-bond donors (Lipinski definition) is 4. The second-order valence-corrected chi connectivity index (χ2v) is 13.1. The summed E-state index contributed by atoms with van der Waals surface area (Å²) in [5.74, 6) is -2.48. The van der Waals surface area contributed by atoms with Crippen molar-refractivity contribution in [1.82, 2.24) is 20.7 Å². The quantitative estimate of drug-likeness (QED) is 0.294. The molecular formula is C34H47N5O6. The van der Waals surface area contributed by atoms with Gasteiger partial charge in [-0.2, -0.15) is 0 Å². The molecule has 0 spiro atoms. The number of nitrogens with one attached hydrogen (secondary N) is 2. The molecule has 0 bridgehead atoms. The highest BCUT2D eigenvalue weighted by atomic mass is 16.5. The Hall–Kier alpha value is -3.83. The summed E-state index contributed by atoms with van der Waals surface area (Å²) in [6, 6.07) is 8.40. The summed E-state index contributed by atoms with van der Waals surface area (Å²) < 4.78 is 5.95. The third-order valence-electron chi connectivity index (χ3n) is 8.98. The fraction of sp³-hybridized carbons (Fsp3) is 0.559. The van der Waals surface area contributed by atoms with Crippen LogP contribution in [0.15, 0.2) is 36.4 Å². The number of esters is 1. The molecular weight excluding hydrogens is 574 g/mol. The lowest BCUT2D eigenvalue weighted by Crippen LogP contribution is -2.60. The van der Waals surface area contributed by atoms with Crippen molar-refractivity contribution in [3.8, 4) is 0 Å². The number of carbonyl (C=O) groups excluding carboxylic acids is 4. The Morgan fingerprint density at radius 3 is 2.49 bits per heavy atom. The van der Waals surface area contributed by atoms with Crippen molar-refractivity contribution in [3.05, 3.63) is 47.7 Å². The molecule has 0 radical (unpaired) electrons. The Kier molecular flexibility index (Phi) is 10.7. The second-order valence-electron chi connectivity index (χ2n) is 13.1. The number of hydrazine groups is 1. The topological polar surface area (TPSA) is 164 Å². The number of aryl methyl sites for hydroxylation is 1. The first-order chi connectivity index (χ1) is 21.2. The van der Waals surface area contributed by atoms with Gasteiger partial charge in [0, 0.05) is 17.6 Å². The number of hydrogen-bond acceptors (Lipinski definition) is 8. The molecule has 45 heavy (non-hydrogen) atoms. The maximum atomic E-state index is 14.0. The summed E-state index contributed by atoms with van der Waals surface area (Å²) >= 11 is 0. The van der Waals surface area contributed by atoms with Crippen LogP contribution in [0.3, 0.4) is 0 Å². The Morgan fingerprint density at radius 2 is 1.84 bits per heavy atom. The van der Waals surface area contributed by atoms with Crippen molar-refractivity contribution in [2.45, 2.75) is 103 Å². The molecule has 1 saturated carbocycles. The van der Waals surface area contributed by atoms with Gasteiger partial charge in [-0.05, 0) is 82.4 Å². The molecule has 3 amide bonds. The molecule has 2 aliphatic rings. The van der Waals surface area contributed by atoms with Crippen LogP contribution in [0.5, 0.6) is 0 Å². The van der Waals surface area contributed by atoms with Crippen molar-refractivity contribution in [2.75, 3.05) is 6.54 Å². The number of primary amides is 1. The molecule has 11 heteroatoms. The van der Waals surface area contributed by atoms with Crippen molar-refractivity contribution < 1.29 is 29.0 Å². The minimum absolute atomic E-state index is 0.351. The molecule has 3 atom stereocenters. The van der Waals surface area contributed by atoms with Gasteiger partial charge in [0.25, 0.3) is 11.8 Å². The smallest absolute Gasteiger partial charge is 0.316 e. The molecule has 1 saturated heterocycles. The lowest BCUT2D eigenvalue weighted by molar-refractivity contribution is -0.170. The zero-order chi connectivity index (χ0) is 32.9. The lowest BCUT2D eigenvalue weighted by Gasteiger charge is -2.40. The molecule has 1 aliphatic carbocycles. The van der Waals surface area contributed by atoms with E-state index < -0.39 is 52.9 Å². The monoisotopic (exact) mass is 621 g/mol. The molecule has 1 aliphatic heterocycles.